The minimum atomic E-state index is -0.737. The first-order valence-electron chi connectivity index (χ1n) is 7.40. The number of nitrogens with one attached hydrogen (secondary N) is 1. The highest BCUT2D eigenvalue weighted by molar-refractivity contribution is 5.78. The third kappa shape index (κ3) is 3.31. The van der Waals surface area contributed by atoms with Crippen molar-refractivity contribution in [2.45, 2.75) is 12.8 Å². The Bertz CT molecular complexity index is 686. The first-order chi connectivity index (χ1) is 11.1. The zero-order valence-corrected chi connectivity index (χ0v) is 12.5. The Kier molecular flexibility index (Phi) is 4.22. The molecule has 0 unspecified atom stereocenters. The molecule has 8 heteroatoms. The third-order valence-electron chi connectivity index (χ3n) is 3.93. The van der Waals surface area contributed by atoms with Crippen LogP contribution in [-0.4, -0.2) is 39.1 Å². The Labute approximate surface area is 133 Å². The lowest BCUT2D eigenvalue weighted by Gasteiger charge is -2.31. The standard InChI is InChI=1S/C15H18N6O2/c16-12-13(20-11-2-1-5-17-8-11)18-9-19-14(12)21-6-3-10(4-7-21)15(22)23/h1-2,5,8-10H,3-4,6-7,16H2,(H,22,23)(H,18,19,20). The minimum absolute atomic E-state index is 0.290. The number of hydrogen-bond acceptors (Lipinski definition) is 7. The fraction of sp³-hybridized carbons (Fsp3) is 0.333. The number of aromatic nitrogens is 3. The molecule has 0 saturated carbocycles. The number of nitrogen functional groups attached to an aromatic ring is 1. The van der Waals surface area contributed by atoms with Gasteiger partial charge in [-0.1, -0.05) is 0 Å². The molecule has 1 fully saturated rings. The van der Waals surface area contributed by atoms with E-state index in [0.717, 1.165) is 5.69 Å². The van der Waals surface area contributed by atoms with E-state index in [-0.39, 0.29) is 5.92 Å². The number of nitrogens with zero attached hydrogens (tertiary/aromatic N) is 4. The first kappa shape index (κ1) is 15.0. The van der Waals surface area contributed by atoms with Crippen LogP contribution in [0, 0.1) is 5.92 Å². The van der Waals surface area contributed by atoms with E-state index in [2.05, 4.69) is 20.3 Å². The average Bonchev–Trinajstić information content (AvgIpc) is 2.58. The van der Waals surface area contributed by atoms with Gasteiger partial charge < -0.3 is 21.1 Å². The Hall–Kier alpha value is -2.90. The maximum atomic E-state index is 11.0. The van der Waals surface area contributed by atoms with Gasteiger partial charge in [0.1, 0.15) is 12.0 Å². The van der Waals surface area contributed by atoms with Gasteiger partial charge in [0.05, 0.1) is 17.8 Å². The van der Waals surface area contributed by atoms with Crippen LogP contribution in [0.4, 0.5) is 23.0 Å². The van der Waals surface area contributed by atoms with Crippen molar-refractivity contribution < 1.29 is 9.90 Å². The topological polar surface area (TPSA) is 117 Å². The largest absolute Gasteiger partial charge is 0.481 e. The van der Waals surface area contributed by atoms with Gasteiger partial charge in [0.15, 0.2) is 11.6 Å². The van der Waals surface area contributed by atoms with Crippen LogP contribution in [0.3, 0.4) is 0 Å². The molecule has 0 amide bonds. The molecule has 23 heavy (non-hydrogen) atoms. The van der Waals surface area contributed by atoms with Crippen molar-refractivity contribution in [2.75, 3.05) is 29.0 Å². The molecular formula is C15H18N6O2. The second kappa shape index (κ2) is 6.47. The zero-order chi connectivity index (χ0) is 16.2. The molecule has 0 aliphatic carbocycles. The molecule has 3 rings (SSSR count). The molecule has 0 atom stereocenters. The van der Waals surface area contributed by atoms with Gasteiger partial charge in [-0.3, -0.25) is 9.78 Å². The van der Waals surface area contributed by atoms with Gasteiger partial charge in [-0.2, -0.15) is 0 Å². The fourth-order valence-electron chi connectivity index (χ4n) is 2.65. The van der Waals surface area contributed by atoms with Crippen LogP contribution in [0.2, 0.25) is 0 Å². The first-order valence-corrected chi connectivity index (χ1v) is 7.40. The number of nitrogens with two attached hydrogens (primary N) is 1. The molecule has 0 spiro atoms. The van der Waals surface area contributed by atoms with E-state index in [1.54, 1.807) is 12.4 Å². The molecule has 4 N–H and O–H groups in total. The summed E-state index contributed by atoms with van der Waals surface area (Å²) in [6.07, 6.45) is 5.99. The Balaban J connectivity index is 1.76. The van der Waals surface area contributed by atoms with Crippen LogP contribution in [0.1, 0.15) is 12.8 Å². The predicted octanol–water partition coefficient (Wildman–Crippen LogP) is 1.50. The number of pyridine rings is 1. The number of hydrogen-bond donors (Lipinski definition) is 3. The van der Waals surface area contributed by atoms with Gasteiger partial charge >= 0.3 is 5.97 Å². The van der Waals surface area contributed by atoms with E-state index in [9.17, 15) is 4.79 Å². The fourth-order valence-corrected chi connectivity index (χ4v) is 2.65. The molecule has 3 heterocycles. The predicted molar refractivity (Wildman–Crippen MR) is 86.5 cm³/mol. The maximum absolute atomic E-state index is 11.0. The second-order valence-electron chi connectivity index (χ2n) is 5.43. The molecule has 1 aliphatic rings. The Morgan fingerprint density at radius 1 is 1.35 bits per heavy atom. The van der Waals surface area contributed by atoms with Crippen molar-refractivity contribution in [1.29, 1.82) is 0 Å². The summed E-state index contributed by atoms with van der Waals surface area (Å²) in [6.45, 7) is 1.23. The normalized spacial score (nSPS) is 15.4. The third-order valence-corrected chi connectivity index (χ3v) is 3.93. The molecule has 1 saturated heterocycles. The van der Waals surface area contributed by atoms with Crippen LogP contribution >= 0.6 is 0 Å². The van der Waals surface area contributed by atoms with Crippen LogP contribution < -0.4 is 16.0 Å². The highest BCUT2D eigenvalue weighted by atomic mass is 16.4. The van der Waals surface area contributed by atoms with Gasteiger partial charge in [-0.05, 0) is 25.0 Å². The molecule has 2 aromatic heterocycles. The number of rotatable bonds is 4. The minimum Gasteiger partial charge on any atom is -0.481 e. The van der Waals surface area contributed by atoms with E-state index in [1.165, 1.54) is 6.33 Å². The monoisotopic (exact) mass is 314 g/mol. The van der Waals surface area contributed by atoms with Gasteiger partial charge in [0, 0.05) is 19.3 Å². The summed E-state index contributed by atoms with van der Waals surface area (Å²) < 4.78 is 0. The number of carboxylic acids is 1. The number of piperidine rings is 1. The summed E-state index contributed by atoms with van der Waals surface area (Å²) in [5, 5.41) is 12.2. The van der Waals surface area contributed by atoms with Crippen molar-refractivity contribution in [3.63, 3.8) is 0 Å². The molecule has 0 aromatic carbocycles. The maximum Gasteiger partial charge on any atom is 0.306 e. The lowest BCUT2D eigenvalue weighted by Crippen LogP contribution is -2.37. The van der Waals surface area contributed by atoms with Gasteiger partial charge in [0.2, 0.25) is 0 Å². The lowest BCUT2D eigenvalue weighted by atomic mass is 9.97. The van der Waals surface area contributed by atoms with E-state index < -0.39 is 5.97 Å². The molecular weight excluding hydrogens is 296 g/mol. The lowest BCUT2D eigenvalue weighted by molar-refractivity contribution is -0.142. The number of carbonyl (C=O) groups is 1. The highest BCUT2D eigenvalue weighted by Gasteiger charge is 2.26. The summed E-state index contributed by atoms with van der Waals surface area (Å²) in [5.74, 6) is 0.125. The van der Waals surface area contributed by atoms with Crippen molar-refractivity contribution >= 4 is 29.0 Å². The molecule has 8 nitrogen and oxygen atoms in total. The summed E-state index contributed by atoms with van der Waals surface area (Å²) in [7, 11) is 0. The Morgan fingerprint density at radius 2 is 2.13 bits per heavy atom. The van der Waals surface area contributed by atoms with Crippen LogP contribution in [0.25, 0.3) is 0 Å². The Morgan fingerprint density at radius 3 is 2.78 bits per heavy atom. The van der Waals surface area contributed by atoms with E-state index in [0.29, 0.717) is 43.3 Å². The average molecular weight is 314 g/mol. The molecule has 0 radical (unpaired) electrons. The quantitative estimate of drug-likeness (QED) is 0.777. The summed E-state index contributed by atoms with van der Waals surface area (Å²) >= 11 is 0. The molecule has 1 aliphatic heterocycles. The molecule has 2 aromatic rings. The number of carboxylic acid groups (broad SMARTS) is 1. The van der Waals surface area contributed by atoms with E-state index in [1.807, 2.05) is 17.0 Å². The zero-order valence-electron chi connectivity index (χ0n) is 12.5. The van der Waals surface area contributed by atoms with Crippen molar-refractivity contribution in [1.82, 2.24) is 15.0 Å². The van der Waals surface area contributed by atoms with E-state index >= 15 is 0 Å². The summed E-state index contributed by atoms with van der Waals surface area (Å²) in [5.41, 5.74) is 7.43. The molecule has 120 valence electrons. The van der Waals surface area contributed by atoms with Crippen LogP contribution in [0.15, 0.2) is 30.9 Å². The van der Waals surface area contributed by atoms with E-state index in [4.69, 9.17) is 10.8 Å². The van der Waals surface area contributed by atoms with Gasteiger partial charge in [-0.25, -0.2) is 9.97 Å². The second-order valence-corrected chi connectivity index (χ2v) is 5.43. The summed E-state index contributed by atoms with van der Waals surface area (Å²) in [6, 6.07) is 3.68. The van der Waals surface area contributed by atoms with Crippen molar-refractivity contribution in [3.8, 4) is 0 Å². The number of anilines is 4. The SMILES string of the molecule is Nc1c(Nc2cccnc2)ncnc1N1CCC(C(=O)O)CC1. The van der Waals surface area contributed by atoms with Crippen molar-refractivity contribution in [3.05, 3.63) is 30.9 Å². The van der Waals surface area contributed by atoms with Gasteiger partial charge in [0.25, 0.3) is 0 Å². The number of aliphatic carboxylic acids is 1. The van der Waals surface area contributed by atoms with Crippen molar-refractivity contribution in [2.24, 2.45) is 5.92 Å². The summed E-state index contributed by atoms with van der Waals surface area (Å²) in [4.78, 5) is 25.5. The highest BCUT2D eigenvalue weighted by Crippen LogP contribution is 2.31. The molecule has 0 bridgehead atoms. The van der Waals surface area contributed by atoms with Crippen LogP contribution in [0.5, 0.6) is 0 Å². The van der Waals surface area contributed by atoms with Gasteiger partial charge in [-0.15, -0.1) is 0 Å². The smallest absolute Gasteiger partial charge is 0.306 e. The van der Waals surface area contributed by atoms with Crippen LogP contribution in [-0.2, 0) is 4.79 Å².